The lowest BCUT2D eigenvalue weighted by Crippen LogP contribution is -2.65. The summed E-state index contributed by atoms with van der Waals surface area (Å²) >= 11 is 0. The van der Waals surface area contributed by atoms with Gasteiger partial charge in [-0.05, 0) is 67.7 Å². The van der Waals surface area contributed by atoms with Gasteiger partial charge in [0.1, 0.15) is 22.8 Å². The van der Waals surface area contributed by atoms with Crippen LogP contribution in [0.5, 0.6) is 5.75 Å². The van der Waals surface area contributed by atoms with Gasteiger partial charge in [-0.25, -0.2) is 0 Å². The lowest BCUT2D eigenvalue weighted by atomic mass is 9.57. The van der Waals surface area contributed by atoms with Crippen LogP contribution < -0.4 is 11.5 Å². The van der Waals surface area contributed by atoms with Gasteiger partial charge in [0.25, 0.3) is 5.91 Å². The van der Waals surface area contributed by atoms with E-state index < -0.39 is 52.3 Å². The van der Waals surface area contributed by atoms with Crippen LogP contribution >= 0.6 is 0 Å². The Morgan fingerprint density at radius 2 is 1.86 bits per heavy atom. The van der Waals surface area contributed by atoms with Gasteiger partial charge in [0.05, 0.1) is 17.3 Å². The zero-order chi connectivity index (χ0) is 27.0. The molecule has 1 saturated carbocycles. The number of primary amides is 1. The Balaban J connectivity index is 1.75. The summed E-state index contributed by atoms with van der Waals surface area (Å²) in [6.45, 7) is 0. The molecule has 0 aromatic heterocycles. The number of benzene rings is 2. The summed E-state index contributed by atoms with van der Waals surface area (Å²) in [6, 6.07) is 9.37. The predicted octanol–water partition coefficient (Wildman–Crippen LogP) is 1.66. The minimum absolute atomic E-state index is 0.0629. The van der Waals surface area contributed by atoms with Crippen LogP contribution in [0.25, 0.3) is 16.9 Å². The van der Waals surface area contributed by atoms with E-state index >= 15 is 0 Å². The summed E-state index contributed by atoms with van der Waals surface area (Å²) in [5.74, 6) is -5.45. The number of carbonyl (C=O) groups is 2. The summed E-state index contributed by atoms with van der Waals surface area (Å²) in [7, 11) is 3.28. The number of phenols is 1. The molecule has 0 radical (unpaired) electrons. The molecule has 0 aliphatic heterocycles. The van der Waals surface area contributed by atoms with E-state index in [4.69, 9.17) is 16.9 Å². The SMILES string of the molecule is CN(C)[C@H]1C(=N)C(C(N)=O)=C(O)[C@@]2(O)C(=O)C3=C(O)c4c(O)ccc(-c5cccc(N)c5)c4C[C@H]3C[C@@H]12. The maximum atomic E-state index is 13.9. The Morgan fingerprint density at radius 3 is 2.49 bits per heavy atom. The van der Waals surface area contributed by atoms with Crippen LogP contribution in [-0.2, 0) is 16.0 Å². The molecular formula is C27H28N4O6. The molecule has 192 valence electrons. The van der Waals surface area contributed by atoms with Gasteiger partial charge in [-0.1, -0.05) is 18.2 Å². The van der Waals surface area contributed by atoms with E-state index in [0.29, 0.717) is 11.3 Å². The molecule has 2 aromatic carbocycles. The van der Waals surface area contributed by atoms with Gasteiger partial charge < -0.3 is 42.2 Å². The van der Waals surface area contributed by atoms with Gasteiger partial charge in [-0.15, -0.1) is 0 Å². The van der Waals surface area contributed by atoms with Gasteiger partial charge in [-0.3, -0.25) is 9.59 Å². The second-order valence-corrected chi connectivity index (χ2v) is 10.1. The van der Waals surface area contributed by atoms with Crippen molar-refractivity contribution in [1.29, 1.82) is 5.41 Å². The largest absolute Gasteiger partial charge is 0.508 e. The molecule has 5 rings (SSSR count). The molecule has 0 heterocycles. The summed E-state index contributed by atoms with van der Waals surface area (Å²) in [4.78, 5) is 27.6. The van der Waals surface area contributed by atoms with Crippen molar-refractivity contribution in [2.24, 2.45) is 17.6 Å². The molecule has 10 heteroatoms. The fraction of sp³-hybridized carbons (Fsp3) is 0.296. The molecule has 2 aromatic rings. The molecule has 0 bridgehead atoms. The number of hydrogen-bond donors (Lipinski definition) is 7. The molecule has 3 aliphatic carbocycles. The fourth-order valence-electron chi connectivity index (χ4n) is 6.28. The zero-order valence-electron chi connectivity index (χ0n) is 20.3. The fourth-order valence-corrected chi connectivity index (χ4v) is 6.28. The zero-order valence-corrected chi connectivity index (χ0v) is 20.3. The Kier molecular flexibility index (Phi) is 5.43. The van der Waals surface area contributed by atoms with E-state index in [1.54, 1.807) is 43.3 Å². The molecule has 0 spiro atoms. The molecule has 37 heavy (non-hydrogen) atoms. The molecule has 0 saturated heterocycles. The maximum absolute atomic E-state index is 13.9. The number of rotatable bonds is 3. The third kappa shape index (κ3) is 3.29. The van der Waals surface area contributed by atoms with E-state index in [1.807, 2.05) is 6.07 Å². The maximum Gasteiger partial charge on any atom is 0.254 e. The topological polar surface area (TPSA) is 194 Å². The van der Waals surface area contributed by atoms with Gasteiger partial charge in [0.15, 0.2) is 5.60 Å². The lowest BCUT2D eigenvalue weighted by Gasteiger charge is -2.51. The van der Waals surface area contributed by atoms with Gasteiger partial charge in [0.2, 0.25) is 5.78 Å². The van der Waals surface area contributed by atoms with Gasteiger partial charge in [-0.2, -0.15) is 0 Å². The third-order valence-electron chi connectivity index (χ3n) is 7.85. The number of fused-ring (bicyclic) bond motifs is 3. The number of Topliss-reactive ketones (excluding diaryl/α,β-unsaturated/α-hetero) is 1. The molecule has 1 fully saturated rings. The van der Waals surface area contributed by atoms with Crippen LogP contribution in [0.2, 0.25) is 0 Å². The third-order valence-corrected chi connectivity index (χ3v) is 7.85. The van der Waals surface area contributed by atoms with Crippen LogP contribution in [0.3, 0.4) is 0 Å². The van der Waals surface area contributed by atoms with Crippen molar-refractivity contribution in [3.63, 3.8) is 0 Å². The second-order valence-electron chi connectivity index (χ2n) is 10.1. The monoisotopic (exact) mass is 504 g/mol. The first-order valence-electron chi connectivity index (χ1n) is 11.8. The van der Waals surface area contributed by atoms with E-state index in [2.05, 4.69) is 0 Å². The van der Waals surface area contributed by atoms with E-state index in [9.17, 15) is 30.0 Å². The lowest BCUT2D eigenvalue weighted by molar-refractivity contribution is -0.146. The number of phenolic OH excluding ortho intramolecular Hbond substituents is 1. The smallest absolute Gasteiger partial charge is 0.254 e. The van der Waals surface area contributed by atoms with Crippen molar-refractivity contribution >= 4 is 28.8 Å². The average molecular weight is 505 g/mol. The minimum atomic E-state index is -2.58. The van der Waals surface area contributed by atoms with Crippen molar-refractivity contribution in [2.45, 2.75) is 24.5 Å². The Bertz CT molecular complexity index is 1460. The number of carbonyl (C=O) groups excluding carboxylic acids is 2. The molecular weight excluding hydrogens is 476 g/mol. The van der Waals surface area contributed by atoms with Crippen molar-refractivity contribution in [3.8, 4) is 16.9 Å². The van der Waals surface area contributed by atoms with E-state index in [1.165, 1.54) is 6.07 Å². The average Bonchev–Trinajstić information content (AvgIpc) is 2.81. The van der Waals surface area contributed by atoms with Crippen LogP contribution in [0, 0.1) is 17.2 Å². The number of aliphatic hydroxyl groups excluding tert-OH is 2. The van der Waals surface area contributed by atoms with Crippen molar-refractivity contribution < 1.29 is 30.0 Å². The second kappa shape index (κ2) is 8.19. The Labute approximate surface area is 212 Å². The van der Waals surface area contributed by atoms with Gasteiger partial charge in [0, 0.05) is 17.2 Å². The number of nitrogens with zero attached hydrogens (tertiary/aromatic N) is 1. The highest BCUT2D eigenvalue weighted by molar-refractivity contribution is 6.25. The van der Waals surface area contributed by atoms with Crippen LogP contribution in [0.4, 0.5) is 5.69 Å². The normalized spacial score (nSPS) is 27.2. The van der Waals surface area contributed by atoms with E-state index in [-0.39, 0.29) is 35.4 Å². The first-order chi connectivity index (χ1) is 17.4. The van der Waals surface area contributed by atoms with Crippen LogP contribution in [0.1, 0.15) is 17.5 Å². The molecule has 9 N–H and O–H groups in total. The summed E-state index contributed by atoms with van der Waals surface area (Å²) in [5.41, 5.74) is 10.5. The van der Waals surface area contributed by atoms with Crippen molar-refractivity contribution in [1.82, 2.24) is 4.90 Å². The van der Waals surface area contributed by atoms with Crippen LogP contribution in [0.15, 0.2) is 53.3 Å². The number of aliphatic hydroxyl groups is 3. The highest BCUT2D eigenvalue weighted by Crippen LogP contribution is 2.53. The number of nitrogens with one attached hydrogen (secondary N) is 1. The Morgan fingerprint density at radius 1 is 1.16 bits per heavy atom. The van der Waals surface area contributed by atoms with Gasteiger partial charge >= 0.3 is 0 Å². The number of nitrogen functional groups attached to an aromatic ring is 1. The first kappa shape index (κ1) is 24.5. The number of anilines is 1. The summed E-state index contributed by atoms with van der Waals surface area (Å²) in [6.07, 6.45) is 0.348. The quantitative estimate of drug-likeness (QED) is 0.307. The number of amides is 1. The molecule has 1 amide bonds. The number of nitrogens with two attached hydrogens (primary N) is 2. The standard InChI is InChI=1S/C27H28N4O6/c1-31(2)22-16-10-12-9-15-14(11-4-3-5-13(28)8-11)6-7-17(32)19(15)23(33)18(12)24(34)27(16,37)25(35)20(21(22)29)26(30)36/h3-8,12,16,22,29,32-33,35,37H,9-10,28H2,1-2H3,(H2,30,36)/t12-,16-,22+,27-/m0/s1. The highest BCUT2D eigenvalue weighted by Gasteiger charge is 2.63. The molecule has 10 nitrogen and oxygen atoms in total. The summed E-state index contributed by atoms with van der Waals surface area (Å²) < 4.78 is 0. The number of hydrogen-bond acceptors (Lipinski definition) is 9. The molecule has 3 aliphatic rings. The minimum Gasteiger partial charge on any atom is -0.508 e. The summed E-state index contributed by atoms with van der Waals surface area (Å²) in [5, 5.41) is 53.3. The highest BCUT2D eigenvalue weighted by atomic mass is 16.3. The van der Waals surface area contributed by atoms with Crippen LogP contribution in [-0.4, -0.2) is 68.5 Å². The van der Waals surface area contributed by atoms with Crippen molar-refractivity contribution in [3.05, 3.63) is 64.4 Å². The molecule has 4 atom stereocenters. The predicted molar refractivity (Wildman–Crippen MR) is 137 cm³/mol. The Hall–Kier alpha value is -4.15. The number of ketones is 1. The van der Waals surface area contributed by atoms with E-state index in [0.717, 1.165) is 11.1 Å². The molecule has 0 unspecified atom stereocenters. The van der Waals surface area contributed by atoms with Crippen molar-refractivity contribution in [2.75, 3.05) is 19.8 Å². The number of aromatic hydroxyl groups is 1. The first-order valence-corrected chi connectivity index (χ1v) is 11.8.